The number of aliphatic hydroxyl groups is 2. The summed E-state index contributed by atoms with van der Waals surface area (Å²) >= 11 is 0. The van der Waals surface area contributed by atoms with Crippen LogP contribution >= 0.6 is 0 Å². The van der Waals surface area contributed by atoms with E-state index in [0.717, 1.165) is 49.7 Å². The number of ether oxygens (including phenoxy) is 5. The molecule has 1 fully saturated rings. The third-order valence-electron chi connectivity index (χ3n) is 13.9. The van der Waals surface area contributed by atoms with Gasteiger partial charge >= 0.3 is 11.9 Å². The minimum atomic E-state index is -1.62. The van der Waals surface area contributed by atoms with Gasteiger partial charge in [0.15, 0.2) is 18.3 Å². The summed E-state index contributed by atoms with van der Waals surface area (Å²) in [5.41, 5.74) is 3.34. The Morgan fingerprint density at radius 1 is 0.562 bits per heavy atom. The molecule has 11 heteroatoms. The molecule has 0 unspecified atom stereocenters. The van der Waals surface area contributed by atoms with Gasteiger partial charge in [0.2, 0.25) is 5.91 Å². The van der Waals surface area contributed by atoms with E-state index in [1.54, 1.807) is 0 Å². The lowest BCUT2D eigenvalue weighted by Crippen LogP contribution is -2.67. The second kappa shape index (κ2) is 35.3. The summed E-state index contributed by atoms with van der Waals surface area (Å²) in [5, 5.41) is 25.5. The summed E-state index contributed by atoms with van der Waals surface area (Å²) in [7, 11) is 0. The number of hydrogen-bond donors (Lipinski definition) is 3. The molecule has 0 saturated carbocycles. The van der Waals surface area contributed by atoms with E-state index in [1.165, 1.54) is 77.0 Å². The largest absolute Gasteiger partial charge is 0.457 e. The highest BCUT2D eigenvalue weighted by Gasteiger charge is 2.52. The average Bonchev–Trinajstić information content (AvgIpc) is 3.41. The number of benzene rings is 4. The van der Waals surface area contributed by atoms with Crippen molar-refractivity contribution in [1.29, 1.82) is 0 Å². The number of amides is 1. The van der Waals surface area contributed by atoms with Gasteiger partial charge in [0.25, 0.3) is 0 Å². The van der Waals surface area contributed by atoms with E-state index in [1.807, 2.05) is 121 Å². The third kappa shape index (κ3) is 22.2. The molecule has 3 N–H and O–H groups in total. The number of carbonyl (C=O) groups excluding carboxylic acids is 3. The first-order valence-electron chi connectivity index (χ1n) is 27.8. The first kappa shape index (κ1) is 59.0. The van der Waals surface area contributed by atoms with Crippen LogP contribution in [0.4, 0.5) is 0 Å². The molecule has 5 rings (SSSR count). The summed E-state index contributed by atoms with van der Waals surface area (Å²) in [6.07, 6.45) is 13.9. The van der Waals surface area contributed by atoms with Crippen molar-refractivity contribution in [2.45, 2.75) is 217 Å². The number of aliphatic hydroxyl groups excluding tert-OH is 2. The van der Waals surface area contributed by atoms with E-state index in [-0.39, 0.29) is 12.8 Å². The lowest BCUT2D eigenvalue weighted by atomic mass is 9.91. The van der Waals surface area contributed by atoms with Crippen molar-refractivity contribution in [1.82, 2.24) is 5.32 Å². The van der Waals surface area contributed by atoms with E-state index < -0.39 is 73.2 Å². The second-order valence-electron chi connectivity index (χ2n) is 19.9. The molecule has 0 spiro atoms. The van der Waals surface area contributed by atoms with Crippen LogP contribution in [0.3, 0.4) is 0 Å². The van der Waals surface area contributed by atoms with Gasteiger partial charge in [-0.3, -0.25) is 9.59 Å². The van der Waals surface area contributed by atoms with Gasteiger partial charge in [-0.05, 0) is 35.1 Å². The highest BCUT2D eigenvalue weighted by molar-refractivity contribution is 5.81. The molecular weight excluding hydrogens is 919 g/mol. The number of rotatable bonds is 37. The second-order valence-corrected chi connectivity index (χ2v) is 19.9. The van der Waals surface area contributed by atoms with Crippen LogP contribution in [-0.2, 0) is 51.3 Å². The van der Waals surface area contributed by atoms with E-state index in [9.17, 15) is 24.6 Å². The molecule has 0 aromatic heterocycles. The molecule has 0 aliphatic carbocycles. The molecule has 73 heavy (non-hydrogen) atoms. The minimum Gasteiger partial charge on any atom is -0.457 e. The van der Waals surface area contributed by atoms with Crippen molar-refractivity contribution < 1.29 is 48.3 Å². The Morgan fingerprint density at radius 3 is 1.41 bits per heavy atom. The average molecular weight is 1010 g/mol. The van der Waals surface area contributed by atoms with Crippen molar-refractivity contribution in [2.75, 3.05) is 6.61 Å². The summed E-state index contributed by atoms with van der Waals surface area (Å²) in [4.78, 5) is 43.5. The Bertz CT molecular complexity index is 2020. The standard InChI is InChI=1S/C62H87NO10/c1-3-5-7-9-11-13-15-17-31-41-52(69-46-48-33-23-19-24-34-48)43-55(65)63-57-60(72-56(66)44-53(70-47-49-35-25-20-26-36-49)42-32-18-16-14-12-10-8-6-4-2)58(67)54(45-64)71-61(57)62(68)73-59(50-37-27-21-28-38-50)51-39-29-22-30-40-51/h19-30,33-40,52-54,57-61,64,67H,3-18,31-32,41-47H2,1-2H3,(H,63,65)/t52-,53-,54-,57-,58-,60-,61+/m1/s1. The predicted octanol–water partition coefficient (Wildman–Crippen LogP) is 12.6. The van der Waals surface area contributed by atoms with Gasteiger partial charge in [0.05, 0.1) is 44.9 Å². The summed E-state index contributed by atoms with van der Waals surface area (Å²) in [5.74, 6) is -2.02. The Morgan fingerprint density at radius 2 is 0.973 bits per heavy atom. The van der Waals surface area contributed by atoms with E-state index in [2.05, 4.69) is 19.2 Å². The van der Waals surface area contributed by atoms with Gasteiger partial charge in [-0.25, -0.2) is 4.79 Å². The number of unbranched alkanes of at least 4 members (excludes halogenated alkanes) is 16. The molecule has 1 aliphatic rings. The third-order valence-corrected chi connectivity index (χ3v) is 13.9. The van der Waals surface area contributed by atoms with Crippen LogP contribution in [0.25, 0.3) is 0 Å². The Kier molecular flexibility index (Phi) is 28.5. The molecule has 1 saturated heterocycles. The highest BCUT2D eigenvalue weighted by Crippen LogP contribution is 2.31. The van der Waals surface area contributed by atoms with Crippen LogP contribution in [0.5, 0.6) is 0 Å². The van der Waals surface area contributed by atoms with Crippen molar-refractivity contribution in [3.63, 3.8) is 0 Å². The number of nitrogens with one attached hydrogen (secondary N) is 1. The summed E-state index contributed by atoms with van der Waals surface area (Å²) in [6, 6.07) is 36.7. The lowest BCUT2D eigenvalue weighted by Gasteiger charge is -2.43. The van der Waals surface area contributed by atoms with Crippen LogP contribution in [0.15, 0.2) is 121 Å². The molecule has 1 heterocycles. The molecule has 11 nitrogen and oxygen atoms in total. The number of hydrogen-bond acceptors (Lipinski definition) is 10. The fourth-order valence-electron chi connectivity index (χ4n) is 9.64. The molecule has 4 aromatic rings. The smallest absolute Gasteiger partial charge is 0.338 e. The molecule has 7 atom stereocenters. The van der Waals surface area contributed by atoms with E-state index in [0.29, 0.717) is 37.2 Å². The van der Waals surface area contributed by atoms with Crippen molar-refractivity contribution in [3.05, 3.63) is 144 Å². The monoisotopic (exact) mass is 1010 g/mol. The zero-order valence-electron chi connectivity index (χ0n) is 44.0. The van der Waals surface area contributed by atoms with Crippen LogP contribution in [-0.4, -0.2) is 77.3 Å². The molecular formula is C62H87NO10. The maximum Gasteiger partial charge on any atom is 0.338 e. The van der Waals surface area contributed by atoms with Crippen LogP contribution in [0, 0.1) is 0 Å². The van der Waals surface area contributed by atoms with Gasteiger partial charge in [0.1, 0.15) is 18.2 Å². The summed E-state index contributed by atoms with van der Waals surface area (Å²) < 4.78 is 31.5. The topological polar surface area (TPSA) is 150 Å². The van der Waals surface area contributed by atoms with Crippen LogP contribution < -0.4 is 5.32 Å². The highest BCUT2D eigenvalue weighted by atomic mass is 16.6. The summed E-state index contributed by atoms with van der Waals surface area (Å²) in [6.45, 7) is 4.36. The first-order valence-corrected chi connectivity index (χ1v) is 27.8. The fraction of sp³-hybridized carbons (Fsp3) is 0.565. The molecule has 0 bridgehead atoms. The molecule has 4 aromatic carbocycles. The quantitative estimate of drug-likeness (QED) is 0.0294. The first-order chi connectivity index (χ1) is 35.8. The lowest BCUT2D eigenvalue weighted by molar-refractivity contribution is -0.221. The van der Waals surface area contributed by atoms with Gasteiger partial charge in [-0.2, -0.15) is 0 Å². The van der Waals surface area contributed by atoms with Gasteiger partial charge in [0, 0.05) is 0 Å². The normalized spacial score (nSPS) is 18.5. The van der Waals surface area contributed by atoms with Gasteiger partial charge < -0.3 is 39.2 Å². The predicted molar refractivity (Wildman–Crippen MR) is 287 cm³/mol. The van der Waals surface area contributed by atoms with Gasteiger partial charge in [-0.1, -0.05) is 251 Å². The van der Waals surface area contributed by atoms with Crippen molar-refractivity contribution in [2.24, 2.45) is 0 Å². The Hall–Kier alpha value is -4.91. The molecule has 400 valence electrons. The van der Waals surface area contributed by atoms with Crippen molar-refractivity contribution in [3.8, 4) is 0 Å². The minimum absolute atomic E-state index is 0.0624. The molecule has 1 aliphatic heterocycles. The molecule has 1 amide bonds. The fourth-order valence-corrected chi connectivity index (χ4v) is 9.64. The van der Waals surface area contributed by atoms with E-state index >= 15 is 0 Å². The molecule has 0 radical (unpaired) electrons. The zero-order valence-corrected chi connectivity index (χ0v) is 44.0. The van der Waals surface area contributed by atoms with Gasteiger partial charge in [-0.15, -0.1) is 0 Å². The zero-order chi connectivity index (χ0) is 51.7. The number of esters is 2. The van der Waals surface area contributed by atoms with Crippen molar-refractivity contribution >= 4 is 17.8 Å². The SMILES string of the molecule is CCCCCCCCCCC[C@H](CC(=O)N[C@@H]1[C@@H](OC(=O)C[C@@H](CCCCCCCCCCC)OCc2ccccc2)[C@H](O)[C@@H](CO)O[C@@H]1C(=O)OC(c1ccccc1)c1ccccc1)OCc1ccccc1. The van der Waals surface area contributed by atoms with E-state index in [4.69, 9.17) is 23.7 Å². The van der Waals surface area contributed by atoms with Crippen LogP contribution in [0.1, 0.15) is 183 Å². The Balaban J connectivity index is 1.36. The maximum absolute atomic E-state index is 14.7. The van der Waals surface area contributed by atoms with Crippen LogP contribution in [0.2, 0.25) is 0 Å². The maximum atomic E-state index is 14.7. The Labute approximate surface area is 437 Å². The number of carbonyl (C=O) groups is 3.